The molecule has 0 spiro atoms. The molecule has 8 nitrogen and oxygen atoms in total. The van der Waals surface area contributed by atoms with Crippen molar-refractivity contribution in [1.82, 2.24) is 15.6 Å². The van der Waals surface area contributed by atoms with E-state index in [1.807, 2.05) is 5.32 Å². The summed E-state index contributed by atoms with van der Waals surface area (Å²) in [6, 6.07) is 5.72. The van der Waals surface area contributed by atoms with Crippen LogP contribution in [0.5, 0.6) is 0 Å². The Morgan fingerprint density at radius 3 is 2.77 bits per heavy atom. The summed E-state index contributed by atoms with van der Waals surface area (Å²) in [5, 5.41) is 4.45. The van der Waals surface area contributed by atoms with E-state index >= 15 is 0 Å². The summed E-state index contributed by atoms with van der Waals surface area (Å²) in [6.07, 6.45) is 4.29. The molecule has 2 rings (SSSR count). The molecule has 0 saturated heterocycles. The van der Waals surface area contributed by atoms with Crippen molar-refractivity contribution in [1.29, 1.82) is 0 Å². The van der Waals surface area contributed by atoms with Crippen molar-refractivity contribution in [3.63, 3.8) is 0 Å². The summed E-state index contributed by atoms with van der Waals surface area (Å²) in [4.78, 5) is 38.2. The van der Waals surface area contributed by atoms with Crippen LogP contribution >= 0.6 is 0 Å². The second kappa shape index (κ2) is 7.58. The zero-order chi connectivity index (χ0) is 15.8. The normalized spacial score (nSPS) is 9.82. The summed E-state index contributed by atoms with van der Waals surface area (Å²) >= 11 is 0. The first-order valence-electron chi connectivity index (χ1n) is 6.32. The molecule has 0 aromatic carbocycles. The highest BCUT2D eigenvalue weighted by atomic mass is 16.5. The van der Waals surface area contributed by atoms with E-state index in [9.17, 15) is 14.4 Å². The van der Waals surface area contributed by atoms with E-state index in [1.54, 1.807) is 18.2 Å². The Balaban J connectivity index is 1.69. The standard InChI is InChI=1S/C14H13N3O5/c18-12(9-22-13(19)10-3-1-5-15-7-10)17-14(20)16-8-11-4-2-6-21-11/h1-7H,8-9H2,(H2,16,17,18,20). The van der Waals surface area contributed by atoms with E-state index in [0.717, 1.165) is 0 Å². The maximum Gasteiger partial charge on any atom is 0.340 e. The molecule has 0 radical (unpaired) electrons. The minimum Gasteiger partial charge on any atom is -0.467 e. The number of hydrogen-bond donors (Lipinski definition) is 2. The topological polar surface area (TPSA) is 111 Å². The number of ether oxygens (including phenoxy) is 1. The number of imide groups is 1. The highest BCUT2D eigenvalue weighted by Crippen LogP contribution is 1.99. The molecule has 0 fully saturated rings. The van der Waals surface area contributed by atoms with Gasteiger partial charge in [-0.2, -0.15) is 0 Å². The molecule has 0 atom stereocenters. The Labute approximate surface area is 125 Å². The number of urea groups is 1. The Kier molecular flexibility index (Phi) is 5.25. The number of rotatable bonds is 5. The molecule has 0 aliphatic heterocycles. The number of pyridine rings is 1. The van der Waals surface area contributed by atoms with Gasteiger partial charge in [0, 0.05) is 12.4 Å². The van der Waals surface area contributed by atoms with E-state index in [-0.39, 0.29) is 12.1 Å². The number of aromatic nitrogens is 1. The van der Waals surface area contributed by atoms with Gasteiger partial charge in [0.05, 0.1) is 18.4 Å². The van der Waals surface area contributed by atoms with Crippen molar-refractivity contribution in [3.8, 4) is 0 Å². The SMILES string of the molecule is O=C(COC(=O)c1cccnc1)NC(=O)NCc1ccco1. The van der Waals surface area contributed by atoms with Gasteiger partial charge in [0.1, 0.15) is 5.76 Å². The van der Waals surface area contributed by atoms with Crippen LogP contribution in [0, 0.1) is 0 Å². The van der Waals surface area contributed by atoms with Crippen LogP contribution in [0.25, 0.3) is 0 Å². The molecule has 2 aromatic heterocycles. The Morgan fingerprint density at radius 1 is 1.23 bits per heavy atom. The monoisotopic (exact) mass is 303 g/mol. The van der Waals surface area contributed by atoms with Crippen LogP contribution in [-0.2, 0) is 16.1 Å². The number of nitrogens with one attached hydrogen (secondary N) is 2. The van der Waals surface area contributed by atoms with Crippen LogP contribution in [-0.4, -0.2) is 29.5 Å². The first-order chi connectivity index (χ1) is 10.6. The zero-order valence-corrected chi connectivity index (χ0v) is 11.4. The number of amides is 3. The number of carbonyl (C=O) groups is 3. The average Bonchev–Trinajstić information content (AvgIpc) is 3.05. The predicted octanol–water partition coefficient (Wildman–Crippen LogP) is 0.857. The van der Waals surface area contributed by atoms with Crippen molar-refractivity contribution in [2.45, 2.75) is 6.54 Å². The second-order valence-corrected chi connectivity index (χ2v) is 4.13. The summed E-state index contributed by atoms with van der Waals surface area (Å²) in [6.45, 7) is -0.427. The zero-order valence-electron chi connectivity index (χ0n) is 11.4. The van der Waals surface area contributed by atoms with Crippen LogP contribution in [0.15, 0.2) is 47.3 Å². The fraction of sp³-hybridized carbons (Fsp3) is 0.143. The van der Waals surface area contributed by atoms with Crippen molar-refractivity contribution < 1.29 is 23.5 Å². The van der Waals surface area contributed by atoms with Gasteiger partial charge in [-0.25, -0.2) is 9.59 Å². The van der Waals surface area contributed by atoms with Gasteiger partial charge >= 0.3 is 12.0 Å². The third-order valence-corrected chi connectivity index (χ3v) is 2.49. The molecule has 3 amide bonds. The molecule has 114 valence electrons. The van der Waals surface area contributed by atoms with Crippen LogP contribution in [0.3, 0.4) is 0 Å². The molecule has 2 aromatic rings. The molecule has 0 saturated carbocycles. The van der Waals surface area contributed by atoms with Crippen LogP contribution in [0.1, 0.15) is 16.1 Å². The molecule has 2 N–H and O–H groups in total. The lowest BCUT2D eigenvalue weighted by Gasteiger charge is -2.06. The predicted molar refractivity (Wildman–Crippen MR) is 73.6 cm³/mol. The minimum absolute atomic E-state index is 0.140. The Hall–Kier alpha value is -3.16. The van der Waals surface area contributed by atoms with Crippen LogP contribution < -0.4 is 10.6 Å². The molecule has 22 heavy (non-hydrogen) atoms. The third-order valence-electron chi connectivity index (χ3n) is 2.49. The van der Waals surface area contributed by atoms with E-state index in [1.165, 1.54) is 24.7 Å². The van der Waals surface area contributed by atoms with Gasteiger partial charge in [-0.3, -0.25) is 15.1 Å². The maximum atomic E-state index is 11.6. The van der Waals surface area contributed by atoms with Crippen molar-refractivity contribution in [2.24, 2.45) is 0 Å². The highest BCUT2D eigenvalue weighted by molar-refractivity contribution is 5.96. The lowest BCUT2D eigenvalue weighted by atomic mass is 10.3. The summed E-state index contributed by atoms with van der Waals surface area (Å²) in [5.41, 5.74) is 0.220. The van der Waals surface area contributed by atoms with Gasteiger partial charge < -0.3 is 14.5 Å². The summed E-state index contributed by atoms with van der Waals surface area (Å²) < 4.78 is 9.77. The molecule has 0 aliphatic rings. The van der Waals surface area contributed by atoms with Crippen LogP contribution in [0.4, 0.5) is 4.79 Å². The molecular weight excluding hydrogens is 290 g/mol. The number of carbonyl (C=O) groups excluding carboxylic acids is 3. The second-order valence-electron chi connectivity index (χ2n) is 4.13. The third kappa shape index (κ3) is 4.75. The largest absolute Gasteiger partial charge is 0.467 e. The summed E-state index contributed by atoms with van der Waals surface area (Å²) in [5.74, 6) is -0.890. The van der Waals surface area contributed by atoms with Gasteiger partial charge in [0.15, 0.2) is 6.61 Å². The minimum atomic E-state index is -0.741. The van der Waals surface area contributed by atoms with Crippen molar-refractivity contribution >= 4 is 17.9 Å². The van der Waals surface area contributed by atoms with E-state index in [0.29, 0.717) is 5.76 Å². The van der Waals surface area contributed by atoms with Crippen LogP contribution in [0.2, 0.25) is 0 Å². The highest BCUT2D eigenvalue weighted by Gasteiger charge is 2.12. The number of esters is 1. The van der Waals surface area contributed by atoms with Gasteiger partial charge in [0.25, 0.3) is 5.91 Å². The molecule has 0 unspecified atom stereocenters. The quantitative estimate of drug-likeness (QED) is 0.792. The number of hydrogen-bond acceptors (Lipinski definition) is 6. The van der Waals surface area contributed by atoms with Gasteiger partial charge in [-0.15, -0.1) is 0 Å². The first-order valence-corrected chi connectivity index (χ1v) is 6.32. The smallest absolute Gasteiger partial charge is 0.340 e. The number of nitrogens with zero attached hydrogens (tertiary/aromatic N) is 1. The molecule has 2 heterocycles. The van der Waals surface area contributed by atoms with E-state index < -0.39 is 24.5 Å². The van der Waals surface area contributed by atoms with Crippen molar-refractivity contribution in [2.75, 3.05) is 6.61 Å². The average molecular weight is 303 g/mol. The molecular formula is C14H13N3O5. The maximum absolute atomic E-state index is 11.6. The Bertz CT molecular complexity index is 640. The lowest BCUT2D eigenvalue weighted by molar-refractivity contribution is -0.123. The van der Waals surface area contributed by atoms with E-state index in [4.69, 9.17) is 9.15 Å². The fourth-order valence-electron chi connectivity index (χ4n) is 1.49. The first kappa shape index (κ1) is 15.2. The van der Waals surface area contributed by atoms with Gasteiger partial charge in [-0.1, -0.05) is 0 Å². The van der Waals surface area contributed by atoms with Crippen molar-refractivity contribution in [3.05, 3.63) is 54.2 Å². The molecule has 0 aliphatic carbocycles. The molecule has 0 bridgehead atoms. The Morgan fingerprint density at radius 2 is 2.09 bits per heavy atom. The number of furan rings is 1. The van der Waals surface area contributed by atoms with E-state index in [2.05, 4.69) is 10.3 Å². The van der Waals surface area contributed by atoms with Gasteiger partial charge in [-0.05, 0) is 24.3 Å². The fourth-order valence-corrected chi connectivity index (χ4v) is 1.49. The lowest BCUT2D eigenvalue weighted by Crippen LogP contribution is -2.41. The van der Waals surface area contributed by atoms with Gasteiger partial charge in [0.2, 0.25) is 0 Å². The molecule has 8 heteroatoms. The summed E-state index contributed by atoms with van der Waals surface area (Å²) in [7, 11) is 0.